The topological polar surface area (TPSA) is 117 Å². The van der Waals surface area contributed by atoms with Gasteiger partial charge in [-0.05, 0) is 49.1 Å². The van der Waals surface area contributed by atoms with Crippen LogP contribution in [0.4, 0.5) is 5.69 Å². The van der Waals surface area contributed by atoms with Crippen molar-refractivity contribution in [2.45, 2.75) is 55.5 Å². The molecule has 8 nitrogen and oxygen atoms in total. The summed E-state index contributed by atoms with van der Waals surface area (Å²) in [5, 5.41) is 17.8. The molecule has 0 aliphatic carbocycles. The summed E-state index contributed by atoms with van der Waals surface area (Å²) in [6.07, 6.45) is -0.909. The number of carbonyl (C=O) groups is 3. The van der Waals surface area contributed by atoms with Crippen LogP contribution in [0.1, 0.15) is 38.0 Å². The fourth-order valence-corrected chi connectivity index (χ4v) is 4.93. The normalized spacial score (nSPS) is 19.3. The van der Waals surface area contributed by atoms with Crippen LogP contribution in [0.15, 0.2) is 53.4 Å². The highest BCUT2D eigenvalue weighted by atomic mass is 32.2. The molecule has 3 rings (SSSR count). The lowest BCUT2D eigenvalue weighted by Crippen LogP contribution is -2.54. The van der Waals surface area contributed by atoms with Gasteiger partial charge in [-0.15, -0.1) is 11.8 Å². The van der Waals surface area contributed by atoms with Gasteiger partial charge < -0.3 is 25.8 Å². The number of methoxy groups -OCH3 is 1. The fraction of sp³-hybridized carbons (Fsp3) is 0.400. The summed E-state index contributed by atoms with van der Waals surface area (Å²) in [6.45, 7) is 5.31. The molecule has 1 aliphatic heterocycles. The van der Waals surface area contributed by atoms with Gasteiger partial charge in [0, 0.05) is 4.90 Å². The van der Waals surface area contributed by atoms with E-state index in [9.17, 15) is 19.5 Å². The van der Waals surface area contributed by atoms with E-state index < -0.39 is 35.3 Å². The molecular formula is C25H31N3O5S. The first kappa shape index (κ1) is 25.6. The molecule has 0 saturated carbocycles. The van der Waals surface area contributed by atoms with E-state index in [4.69, 9.17) is 4.74 Å². The summed E-state index contributed by atoms with van der Waals surface area (Å²) in [7, 11) is 1.58. The van der Waals surface area contributed by atoms with Crippen molar-refractivity contribution in [3.63, 3.8) is 0 Å². The average Bonchev–Trinajstić information content (AvgIpc) is 2.94. The van der Waals surface area contributed by atoms with Crippen LogP contribution in [0.5, 0.6) is 5.75 Å². The van der Waals surface area contributed by atoms with Crippen LogP contribution in [0.2, 0.25) is 0 Å². The largest absolute Gasteiger partial charge is 0.497 e. The van der Waals surface area contributed by atoms with E-state index in [1.807, 2.05) is 62.4 Å². The standard InChI is InChI=1S/C25H31N3O5S/c1-14(2)13-19(29)24(31)26-15(3)23(30)28-21-22(16-9-11-17(33-4)12-10-16)34-20-8-6-5-7-18(20)27-25(21)32/h5-12,14-15,19,21-22,29H,13H2,1-4H3,(H,26,31)(H,27,32)(H,28,30)/t15-,19-,21-,22+/m0/s1. The van der Waals surface area contributed by atoms with Crippen molar-refractivity contribution in [2.75, 3.05) is 12.4 Å². The van der Waals surface area contributed by atoms with Crippen LogP contribution in [0.25, 0.3) is 0 Å². The summed E-state index contributed by atoms with van der Waals surface area (Å²) in [6, 6.07) is 13.0. The van der Waals surface area contributed by atoms with E-state index in [1.54, 1.807) is 7.11 Å². The number of anilines is 1. The number of para-hydroxylation sites is 1. The maximum atomic E-state index is 13.2. The summed E-state index contributed by atoms with van der Waals surface area (Å²) < 4.78 is 5.25. The van der Waals surface area contributed by atoms with E-state index in [1.165, 1.54) is 18.7 Å². The molecule has 1 aliphatic rings. The molecular weight excluding hydrogens is 454 g/mol. The number of thioether (sulfide) groups is 1. The molecule has 2 aromatic rings. The molecule has 0 fully saturated rings. The summed E-state index contributed by atoms with van der Waals surface area (Å²) >= 11 is 1.47. The van der Waals surface area contributed by atoms with Gasteiger partial charge in [-0.1, -0.05) is 38.1 Å². The summed E-state index contributed by atoms with van der Waals surface area (Å²) in [5.41, 5.74) is 1.51. The van der Waals surface area contributed by atoms with Crippen LogP contribution >= 0.6 is 11.8 Å². The van der Waals surface area contributed by atoms with Gasteiger partial charge in [0.1, 0.15) is 23.9 Å². The highest BCUT2D eigenvalue weighted by Gasteiger charge is 2.36. The van der Waals surface area contributed by atoms with Gasteiger partial charge in [0.15, 0.2) is 0 Å². The van der Waals surface area contributed by atoms with Gasteiger partial charge in [-0.25, -0.2) is 0 Å². The number of aliphatic hydroxyl groups excluding tert-OH is 1. The molecule has 4 atom stereocenters. The van der Waals surface area contributed by atoms with Gasteiger partial charge in [-0.3, -0.25) is 14.4 Å². The number of benzene rings is 2. The first-order chi connectivity index (χ1) is 16.2. The second-order valence-electron chi connectivity index (χ2n) is 8.66. The molecule has 1 heterocycles. The van der Waals surface area contributed by atoms with E-state index in [0.29, 0.717) is 17.9 Å². The van der Waals surface area contributed by atoms with Crippen LogP contribution in [0, 0.1) is 5.92 Å². The van der Waals surface area contributed by atoms with Crippen LogP contribution in [-0.4, -0.2) is 48.1 Å². The number of hydrogen-bond acceptors (Lipinski definition) is 6. The molecule has 2 aromatic carbocycles. The number of hydrogen-bond donors (Lipinski definition) is 4. The van der Waals surface area contributed by atoms with Gasteiger partial charge in [0.2, 0.25) is 17.7 Å². The maximum Gasteiger partial charge on any atom is 0.249 e. The lowest BCUT2D eigenvalue weighted by molar-refractivity contribution is -0.134. The molecule has 0 spiro atoms. The van der Waals surface area contributed by atoms with E-state index >= 15 is 0 Å². The van der Waals surface area contributed by atoms with E-state index in [2.05, 4.69) is 16.0 Å². The number of aliphatic hydroxyl groups is 1. The predicted octanol–water partition coefficient (Wildman–Crippen LogP) is 2.88. The second-order valence-corrected chi connectivity index (χ2v) is 9.84. The molecule has 3 amide bonds. The Morgan fingerprint density at radius 3 is 2.41 bits per heavy atom. The second kappa shape index (κ2) is 11.4. The molecule has 0 aromatic heterocycles. The first-order valence-electron chi connectivity index (χ1n) is 11.2. The molecule has 0 radical (unpaired) electrons. The monoisotopic (exact) mass is 485 g/mol. The van der Waals surface area contributed by atoms with Crippen molar-refractivity contribution in [3.8, 4) is 5.75 Å². The van der Waals surface area contributed by atoms with E-state index in [-0.39, 0.29) is 11.8 Å². The Hall–Kier alpha value is -3.04. The number of rotatable bonds is 8. The average molecular weight is 486 g/mol. The third kappa shape index (κ3) is 6.30. The first-order valence-corrected chi connectivity index (χ1v) is 12.1. The fourth-order valence-electron chi connectivity index (χ4n) is 3.63. The smallest absolute Gasteiger partial charge is 0.249 e. The number of amides is 3. The summed E-state index contributed by atoms with van der Waals surface area (Å²) in [5.74, 6) is -0.678. The van der Waals surface area contributed by atoms with Crippen molar-refractivity contribution in [2.24, 2.45) is 5.92 Å². The van der Waals surface area contributed by atoms with Crippen LogP contribution < -0.4 is 20.7 Å². The third-order valence-electron chi connectivity index (χ3n) is 5.48. The lowest BCUT2D eigenvalue weighted by atomic mass is 10.0. The van der Waals surface area contributed by atoms with Crippen molar-refractivity contribution in [1.29, 1.82) is 0 Å². The Labute approximate surface area is 203 Å². The highest BCUT2D eigenvalue weighted by molar-refractivity contribution is 7.99. The van der Waals surface area contributed by atoms with Crippen molar-refractivity contribution < 1.29 is 24.2 Å². The van der Waals surface area contributed by atoms with Gasteiger partial charge in [-0.2, -0.15) is 0 Å². The molecule has 9 heteroatoms. The predicted molar refractivity (Wildman–Crippen MR) is 132 cm³/mol. The minimum atomic E-state index is -1.20. The Kier molecular flexibility index (Phi) is 8.57. The van der Waals surface area contributed by atoms with Crippen LogP contribution in [0.3, 0.4) is 0 Å². The van der Waals surface area contributed by atoms with Crippen LogP contribution in [-0.2, 0) is 14.4 Å². The van der Waals surface area contributed by atoms with Crippen molar-refractivity contribution >= 4 is 35.2 Å². The van der Waals surface area contributed by atoms with Gasteiger partial charge >= 0.3 is 0 Å². The molecule has 34 heavy (non-hydrogen) atoms. The van der Waals surface area contributed by atoms with E-state index in [0.717, 1.165) is 10.5 Å². The van der Waals surface area contributed by atoms with Gasteiger partial charge in [0.25, 0.3) is 0 Å². The Balaban J connectivity index is 1.82. The van der Waals surface area contributed by atoms with Gasteiger partial charge in [0.05, 0.1) is 18.0 Å². The number of fused-ring (bicyclic) bond motifs is 1. The van der Waals surface area contributed by atoms with Crippen molar-refractivity contribution in [3.05, 3.63) is 54.1 Å². The minimum absolute atomic E-state index is 0.128. The Morgan fingerprint density at radius 1 is 1.09 bits per heavy atom. The number of carbonyl (C=O) groups excluding carboxylic acids is 3. The zero-order valence-electron chi connectivity index (χ0n) is 19.7. The lowest BCUT2D eigenvalue weighted by Gasteiger charge is -2.26. The van der Waals surface area contributed by atoms with Crippen molar-refractivity contribution in [1.82, 2.24) is 10.6 Å². The Bertz CT molecular complexity index is 1030. The number of ether oxygens (including phenoxy) is 1. The molecule has 0 bridgehead atoms. The Morgan fingerprint density at radius 2 is 1.76 bits per heavy atom. The zero-order valence-corrected chi connectivity index (χ0v) is 20.5. The maximum absolute atomic E-state index is 13.2. The highest BCUT2D eigenvalue weighted by Crippen LogP contribution is 2.44. The molecule has 182 valence electrons. The summed E-state index contributed by atoms with van der Waals surface area (Å²) in [4.78, 5) is 39.3. The molecule has 0 unspecified atom stereocenters. The SMILES string of the molecule is COc1ccc([C@H]2Sc3ccccc3NC(=O)[C@H]2NC(=O)[C@H](C)NC(=O)[C@@H](O)CC(C)C)cc1. The minimum Gasteiger partial charge on any atom is -0.497 e. The zero-order chi connectivity index (χ0) is 24.8. The molecule has 0 saturated heterocycles. The third-order valence-corrected chi connectivity index (χ3v) is 6.88. The quantitative estimate of drug-likeness (QED) is 0.457. The molecule has 4 N–H and O–H groups in total. The number of nitrogens with one attached hydrogen (secondary N) is 3.